The van der Waals surface area contributed by atoms with Gasteiger partial charge in [-0.1, -0.05) is 27.7 Å². The zero-order valence-electron chi connectivity index (χ0n) is 6.93. The number of fused-ring (bicyclic) bond motifs is 1. The molecule has 0 atom stereocenters. The topological polar surface area (TPSA) is 9.23 Å². The Labute approximate surface area is 84.6 Å². The summed E-state index contributed by atoms with van der Waals surface area (Å²) in [6.45, 7) is 4.15. The van der Waals surface area contributed by atoms with Gasteiger partial charge in [0.1, 0.15) is 5.75 Å². The maximum Gasteiger partial charge on any atom is 0.153 e. The molecule has 1 aliphatic rings. The third-order valence-corrected chi connectivity index (χ3v) is 3.24. The van der Waals surface area contributed by atoms with Crippen LogP contribution in [0, 0.1) is 0 Å². The van der Waals surface area contributed by atoms with Crippen LogP contribution in [0.2, 0.25) is 0 Å². The van der Waals surface area contributed by atoms with Crippen molar-refractivity contribution in [3.8, 4) is 5.75 Å². The van der Waals surface area contributed by atoms with Gasteiger partial charge >= 0.3 is 0 Å². The molecular formula is C9H9BrOS. The number of benzene rings is 1. The summed E-state index contributed by atoms with van der Waals surface area (Å²) in [6, 6.07) is 6.13. The maximum absolute atomic E-state index is 5.71. The summed E-state index contributed by atoms with van der Waals surface area (Å²) in [5.41, 5.74) is 0. The molecule has 0 unspecified atom stereocenters. The van der Waals surface area contributed by atoms with Crippen molar-refractivity contribution in [1.29, 1.82) is 0 Å². The van der Waals surface area contributed by atoms with Crippen molar-refractivity contribution in [3.63, 3.8) is 0 Å². The lowest BCUT2D eigenvalue weighted by Crippen LogP contribution is -2.17. The van der Waals surface area contributed by atoms with Gasteiger partial charge in [-0.2, -0.15) is 0 Å². The normalized spacial score (nSPS) is 18.6. The van der Waals surface area contributed by atoms with E-state index in [-0.39, 0.29) is 4.93 Å². The Bertz CT molecular complexity index is 322. The third-order valence-electron chi connectivity index (χ3n) is 1.62. The average molecular weight is 245 g/mol. The van der Waals surface area contributed by atoms with Crippen LogP contribution in [0.4, 0.5) is 0 Å². The van der Waals surface area contributed by atoms with Gasteiger partial charge in [0.15, 0.2) is 4.93 Å². The smallest absolute Gasteiger partial charge is 0.153 e. The Morgan fingerprint density at radius 1 is 1.42 bits per heavy atom. The van der Waals surface area contributed by atoms with Gasteiger partial charge in [-0.25, -0.2) is 0 Å². The highest BCUT2D eigenvalue weighted by molar-refractivity contribution is 9.10. The van der Waals surface area contributed by atoms with Gasteiger partial charge in [0.05, 0.1) is 4.90 Å². The summed E-state index contributed by atoms with van der Waals surface area (Å²) in [5.74, 6) is 0.986. The molecule has 0 bridgehead atoms. The third kappa shape index (κ3) is 1.48. The minimum Gasteiger partial charge on any atom is -0.476 e. The molecule has 1 aromatic rings. The summed E-state index contributed by atoms with van der Waals surface area (Å²) >= 11 is 5.17. The van der Waals surface area contributed by atoms with Crippen molar-refractivity contribution >= 4 is 27.7 Å². The Kier molecular flexibility index (Phi) is 1.88. The van der Waals surface area contributed by atoms with Crippen LogP contribution in [0.15, 0.2) is 27.6 Å². The first-order valence-electron chi connectivity index (χ1n) is 3.74. The van der Waals surface area contributed by atoms with E-state index in [0.29, 0.717) is 0 Å². The number of ether oxygens (including phenoxy) is 1. The molecule has 0 aliphatic carbocycles. The van der Waals surface area contributed by atoms with E-state index in [1.165, 1.54) is 4.90 Å². The van der Waals surface area contributed by atoms with E-state index in [0.717, 1.165) is 10.2 Å². The lowest BCUT2D eigenvalue weighted by Gasteiger charge is -2.15. The minimum absolute atomic E-state index is 0.108. The molecule has 1 aliphatic heterocycles. The Morgan fingerprint density at radius 2 is 2.17 bits per heavy atom. The molecule has 0 amide bonds. The van der Waals surface area contributed by atoms with Crippen LogP contribution < -0.4 is 4.74 Å². The summed E-state index contributed by atoms with van der Waals surface area (Å²) in [7, 11) is 0. The van der Waals surface area contributed by atoms with Crippen molar-refractivity contribution in [2.45, 2.75) is 23.7 Å². The highest BCUT2D eigenvalue weighted by atomic mass is 79.9. The zero-order chi connectivity index (χ0) is 8.77. The molecule has 0 saturated carbocycles. The molecule has 1 nitrogen and oxygen atoms in total. The van der Waals surface area contributed by atoms with E-state index >= 15 is 0 Å². The molecule has 1 aromatic carbocycles. The standard InChI is InChI=1S/C9H9BrOS/c1-9(2)11-7-5-6(10)3-4-8(7)12-9/h3-5H,1-2H3. The molecule has 0 saturated heterocycles. The van der Waals surface area contributed by atoms with Crippen LogP contribution in [0.5, 0.6) is 5.75 Å². The van der Waals surface area contributed by atoms with E-state index in [1.54, 1.807) is 11.8 Å². The molecule has 0 spiro atoms. The van der Waals surface area contributed by atoms with Gasteiger partial charge in [0.2, 0.25) is 0 Å². The van der Waals surface area contributed by atoms with Crippen LogP contribution in [0.3, 0.4) is 0 Å². The Balaban J connectivity index is 2.43. The molecule has 12 heavy (non-hydrogen) atoms. The predicted octanol–water partition coefficient (Wildman–Crippen LogP) is 3.67. The van der Waals surface area contributed by atoms with Crippen LogP contribution in [0.1, 0.15) is 13.8 Å². The van der Waals surface area contributed by atoms with E-state index < -0.39 is 0 Å². The van der Waals surface area contributed by atoms with Crippen molar-refractivity contribution < 1.29 is 4.74 Å². The van der Waals surface area contributed by atoms with Crippen molar-refractivity contribution in [2.75, 3.05) is 0 Å². The summed E-state index contributed by atoms with van der Waals surface area (Å²) in [6.07, 6.45) is 0. The zero-order valence-corrected chi connectivity index (χ0v) is 9.33. The SMILES string of the molecule is CC1(C)Oc2cc(Br)ccc2S1. The summed E-state index contributed by atoms with van der Waals surface area (Å²) in [4.78, 5) is 1.12. The fraction of sp³-hybridized carbons (Fsp3) is 0.333. The van der Waals surface area contributed by atoms with E-state index in [4.69, 9.17) is 4.74 Å². The van der Waals surface area contributed by atoms with Crippen LogP contribution in [0.25, 0.3) is 0 Å². The lowest BCUT2D eigenvalue weighted by molar-refractivity contribution is 0.215. The van der Waals surface area contributed by atoms with Gasteiger partial charge in [0.25, 0.3) is 0 Å². The number of hydrogen-bond acceptors (Lipinski definition) is 2. The fourth-order valence-corrected chi connectivity index (χ4v) is 2.53. The second kappa shape index (κ2) is 2.67. The number of halogens is 1. The molecule has 0 aromatic heterocycles. The fourth-order valence-electron chi connectivity index (χ4n) is 1.20. The quantitative estimate of drug-likeness (QED) is 0.689. The molecule has 3 heteroatoms. The molecule has 64 valence electrons. The van der Waals surface area contributed by atoms with Gasteiger partial charge < -0.3 is 4.74 Å². The van der Waals surface area contributed by atoms with Crippen molar-refractivity contribution in [1.82, 2.24) is 0 Å². The predicted molar refractivity (Wildman–Crippen MR) is 54.7 cm³/mol. The molecule has 2 rings (SSSR count). The summed E-state index contributed by atoms with van der Waals surface area (Å²) in [5, 5.41) is 0. The minimum atomic E-state index is -0.108. The largest absolute Gasteiger partial charge is 0.476 e. The second-order valence-electron chi connectivity index (χ2n) is 3.20. The first kappa shape index (κ1) is 8.45. The Hall–Kier alpha value is -0.150. The maximum atomic E-state index is 5.71. The van der Waals surface area contributed by atoms with Crippen molar-refractivity contribution in [3.05, 3.63) is 22.7 Å². The lowest BCUT2D eigenvalue weighted by atomic mass is 10.3. The Morgan fingerprint density at radius 3 is 2.92 bits per heavy atom. The van der Waals surface area contributed by atoms with Gasteiger partial charge in [0, 0.05) is 4.47 Å². The second-order valence-corrected chi connectivity index (χ2v) is 5.74. The average Bonchev–Trinajstić information content (AvgIpc) is 2.21. The first-order chi connectivity index (χ1) is 5.57. The van der Waals surface area contributed by atoms with Crippen LogP contribution >= 0.6 is 27.7 Å². The van der Waals surface area contributed by atoms with E-state index in [9.17, 15) is 0 Å². The van der Waals surface area contributed by atoms with E-state index in [1.807, 2.05) is 12.1 Å². The molecule has 0 fully saturated rings. The van der Waals surface area contributed by atoms with E-state index in [2.05, 4.69) is 35.8 Å². The van der Waals surface area contributed by atoms with Gasteiger partial charge in [-0.05, 0) is 32.0 Å². The van der Waals surface area contributed by atoms with Crippen LogP contribution in [-0.2, 0) is 0 Å². The summed E-state index contributed by atoms with van der Waals surface area (Å²) < 4.78 is 6.78. The van der Waals surface area contributed by atoms with Crippen molar-refractivity contribution in [2.24, 2.45) is 0 Å². The number of thioether (sulfide) groups is 1. The van der Waals surface area contributed by atoms with Crippen LogP contribution in [-0.4, -0.2) is 4.93 Å². The molecule has 1 heterocycles. The monoisotopic (exact) mass is 244 g/mol. The highest BCUT2D eigenvalue weighted by Crippen LogP contribution is 2.47. The molecular weight excluding hydrogens is 236 g/mol. The first-order valence-corrected chi connectivity index (χ1v) is 5.35. The van der Waals surface area contributed by atoms with Gasteiger partial charge in [-0.3, -0.25) is 0 Å². The van der Waals surface area contributed by atoms with Gasteiger partial charge in [-0.15, -0.1) is 0 Å². The molecule has 0 N–H and O–H groups in total. The molecule has 0 radical (unpaired) electrons. The number of hydrogen-bond donors (Lipinski definition) is 0. The number of rotatable bonds is 0. The highest BCUT2D eigenvalue weighted by Gasteiger charge is 2.30.